The Balaban J connectivity index is 1.55. The normalized spacial score (nSPS) is 11.0. The molecule has 33 heavy (non-hydrogen) atoms. The van der Waals surface area contributed by atoms with Gasteiger partial charge in [0, 0.05) is 12.2 Å². The molecule has 0 aliphatic heterocycles. The molecule has 7 nitrogen and oxygen atoms in total. The van der Waals surface area contributed by atoms with E-state index in [0.717, 1.165) is 5.75 Å². The van der Waals surface area contributed by atoms with E-state index in [0.29, 0.717) is 22.3 Å². The Kier molecular flexibility index (Phi) is 6.40. The van der Waals surface area contributed by atoms with Crippen molar-refractivity contribution >= 4 is 22.5 Å². The molecule has 0 atom stereocenters. The van der Waals surface area contributed by atoms with Crippen LogP contribution in [0.5, 0.6) is 11.5 Å². The summed E-state index contributed by atoms with van der Waals surface area (Å²) < 4.78 is 8.32. The Morgan fingerprint density at radius 1 is 0.848 bits per heavy atom. The van der Waals surface area contributed by atoms with E-state index >= 15 is 0 Å². The van der Waals surface area contributed by atoms with Gasteiger partial charge in [-0.05, 0) is 54.4 Å². The number of hydrogen-bond donors (Lipinski definition) is 1. The SMILES string of the molecule is CC(C)Cn1c(=O)c2ccccc2n(CC(=O)Nc2ccc(Oc3ccccc3)cc2)c1=O. The predicted octanol–water partition coefficient (Wildman–Crippen LogP) is 4.25. The summed E-state index contributed by atoms with van der Waals surface area (Å²) in [5.41, 5.74) is 0.187. The first-order valence-electron chi connectivity index (χ1n) is 10.8. The molecular formula is C26H25N3O4. The standard InChI is InChI=1S/C26H25N3O4/c1-18(2)16-29-25(31)22-10-6-7-11-23(22)28(26(29)32)17-24(30)27-19-12-14-21(15-13-19)33-20-8-4-3-5-9-20/h3-15,18H,16-17H2,1-2H3,(H,27,30). The van der Waals surface area contributed by atoms with Gasteiger partial charge in [-0.25, -0.2) is 4.79 Å². The molecule has 168 valence electrons. The molecule has 3 aromatic carbocycles. The average Bonchev–Trinajstić information content (AvgIpc) is 2.81. The molecule has 4 rings (SSSR count). The van der Waals surface area contributed by atoms with E-state index < -0.39 is 5.69 Å². The van der Waals surface area contributed by atoms with Crippen LogP contribution in [-0.2, 0) is 17.9 Å². The van der Waals surface area contributed by atoms with E-state index in [1.54, 1.807) is 48.5 Å². The summed E-state index contributed by atoms with van der Waals surface area (Å²) in [5, 5.41) is 3.22. The number of benzene rings is 3. The summed E-state index contributed by atoms with van der Waals surface area (Å²) in [6.45, 7) is 3.94. The number of nitrogens with one attached hydrogen (secondary N) is 1. The Labute approximate surface area is 190 Å². The van der Waals surface area contributed by atoms with Crippen LogP contribution in [0, 0.1) is 5.92 Å². The van der Waals surface area contributed by atoms with Gasteiger partial charge in [-0.3, -0.25) is 18.7 Å². The van der Waals surface area contributed by atoms with Crippen molar-refractivity contribution in [1.82, 2.24) is 9.13 Å². The molecular weight excluding hydrogens is 418 g/mol. The number of carbonyl (C=O) groups is 1. The number of anilines is 1. The molecule has 7 heteroatoms. The molecule has 0 fully saturated rings. The van der Waals surface area contributed by atoms with E-state index in [1.807, 2.05) is 44.2 Å². The average molecular weight is 444 g/mol. The quantitative estimate of drug-likeness (QED) is 0.463. The van der Waals surface area contributed by atoms with Gasteiger partial charge in [0.15, 0.2) is 0 Å². The first kappa shape index (κ1) is 22.1. The zero-order chi connectivity index (χ0) is 23.4. The van der Waals surface area contributed by atoms with Gasteiger partial charge in [0.05, 0.1) is 10.9 Å². The fourth-order valence-electron chi connectivity index (χ4n) is 3.62. The zero-order valence-corrected chi connectivity index (χ0v) is 18.5. The minimum Gasteiger partial charge on any atom is -0.457 e. The van der Waals surface area contributed by atoms with Crippen LogP contribution in [0.15, 0.2) is 88.5 Å². The Bertz CT molecular complexity index is 1390. The Morgan fingerprint density at radius 3 is 2.18 bits per heavy atom. The van der Waals surface area contributed by atoms with Gasteiger partial charge in [0.1, 0.15) is 18.0 Å². The first-order chi connectivity index (χ1) is 15.9. The molecule has 4 aromatic rings. The number of aromatic nitrogens is 2. The number of rotatable bonds is 7. The second-order valence-electron chi connectivity index (χ2n) is 8.18. The van der Waals surface area contributed by atoms with E-state index in [-0.39, 0.29) is 30.5 Å². The topological polar surface area (TPSA) is 82.3 Å². The van der Waals surface area contributed by atoms with Crippen LogP contribution in [0.25, 0.3) is 10.9 Å². The lowest BCUT2D eigenvalue weighted by Crippen LogP contribution is -2.42. The van der Waals surface area contributed by atoms with Gasteiger partial charge in [-0.1, -0.05) is 44.2 Å². The Morgan fingerprint density at radius 2 is 1.48 bits per heavy atom. The van der Waals surface area contributed by atoms with Crippen molar-refractivity contribution in [3.05, 3.63) is 99.7 Å². The van der Waals surface area contributed by atoms with Crippen LogP contribution < -0.4 is 21.3 Å². The van der Waals surface area contributed by atoms with Crippen LogP contribution in [0.4, 0.5) is 5.69 Å². The van der Waals surface area contributed by atoms with Crippen molar-refractivity contribution in [1.29, 1.82) is 0 Å². The molecule has 0 saturated heterocycles. The fraction of sp³-hybridized carbons (Fsp3) is 0.192. The second kappa shape index (κ2) is 9.56. The lowest BCUT2D eigenvalue weighted by atomic mass is 10.2. The lowest BCUT2D eigenvalue weighted by Gasteiger charge is -2.15. The molecule has 0 aliphatic carbocycles. The van der Waals surface area contributed by atoms with E-state index in [2.05, 4.69) is 5.32 Å². The highest BCUT2D eigenvalue weighted by Crippen LogP contribution is 2.22. The molecule has 0 radical (unpaired) electrons. The van der Waals surface area contributed by atoms with Crippen molar-refractivity contribution < 1.29 is 9.53 Å². The molecule has 0 saturated carbocycles. The molecule has 1 aromatic heterocycles. The minimum absolute atomic E-state index is 0.107. The molecule has 0 unspecified atom stereocenters. The highest BCUT2D eigenvalue weighted by Gasteiger charge is 2.16. The number of hydrogen-bond acceptors (Lipinski definition) is 4. The fourth-order valence-corrected chi connectivity index (χ4v) is 3.62. The highest BCUT2D eigenvalue weighted by molar-refractivity contribution is 5.91. The summed E-state index contributed by atoms with van der Waals surface area (Å²) in [6, 6.07) is 23.2. The third kappa shape index (κ3) is 5.03. The number of ether oxygens (including phenoxy) is 1. The summed E-state index contributed by atoms with van der Waals surface area (Å²) in [7, 11) is 0. The summed E-state index contributed by atoms with van der Waals surface area (Å²) in [6.07, 6.45) is 0. The van der Waals surface area contributed by atoms with Crippen molar-refractivity contribution in [2.75, 3.05) is 5.32 Å². The van der Waals surface area contributed by atoms with Gasteiger partial charge >= 0.3 is 5.69 Å². The maximum atomic E-state index is 13.1. The van der Waals surface area contributed by atoms with E-state index in [9.17, 15) is 14.4 Å². The number of fused-ring (bicyclic) bond motifs is 1. The minimum atomic E-state index is -0.492. The van der Waals surface area contributed by atoms with Gasteiger partial charge in [-0.15, -0.1) is 0 Å². The third-order valence-corrected chi connectivity index (χ3v) is 5.10. The molecule has 1 amide bonds. The van der Waals surface area contributed by atoms with Crippen LogP contribution in [0.1, 0.15) is 13.8 Å². The van der Waals surface area contributed by atoms with E-state index in [4.69, 9.17) is 4.74 Å². The van der Waals surface area contributed by atoms with Crippen LogP contribution in [0.3, 0.4) is 0 Å². The molecule has 0 aliphatic rings. The Hall–Kier alpha value is -4.13. The smallest absolute Gasteiger partial charge is 0.331 e. The van der Waals surface area contributed by atoms with Gasteiger partial charge in [-0.2, -0.15) is 0 Å². The summed E-state index contributed by atoms with van der Waals surface area (Å²) in [4.78, 5) is 38.7. The van der Waals surface area contributed by atoms with Crippen molar-refractivity contribution in [2.45, 2.75) is 26.9 Å². The number of amides is 1. The summed E-state index contributed by atoms with van der Waals surface area (Å²) >= 11 is 0. The van der Waals surface area contributed by atoms with Gasteiger partial charge in [0.25, 0.3) is 5.56 Å². The van der Waals surface area contributed by atoms with E-state index in [1.165, 1.54) is 9.13 Å². The zero-order valence-electron chi connectivity index (χ0n) is 18.5. The number of nitrogens with zero attached hydrogens (tertiary/aromatic N) is 2. The summed E-state index contributed by atoms with van der Waals surface area (Å²) in [5.74, 6) is 1.10. The second-order valence-corrected chi connectivity index (χ2v) is 8.18. The van der Waals surface area contributed by atoms with Crippen molar-refractivity contribution in [2.24, 2.45) is 5.92 Å². The molecule has 1 N–H and O–H groups in total. The van der Waals surface area contributed by atoms with Crippen LogP contribution in [-0.4, -0.2) is 15.0 Å². The first-order valence-corrected chi connectivity index (χ1v) is 10.8. The largest absolute Gasteiger partial charge is 0.457 e. The van der Waals surface area contributed by atoms with Crippen molar-refractivity contribution in [3.63, 3.8) is 0 Å². The molecule has 0 spiro atoms. The maximum absolute atomic E-state index is 13.1. The van der Waals surface area contributed by atoms with Crippen LogP contribution >= 0.6 is 0 Å². The van der Waals surface area contributed by atoms with Gasteiger partial charge < -0.3 is 10.1 Å². The third-order valence-electron chi connectivity index (χ3n) is 5.10. The predicted molar refractivity (Wildman–Crippen MR) is 129 cm³/mol. The number of carbonyl (C=O) groups excluding carboxylic acids is 1. The molecule has 1 heterocycles. The van der Waals surface area contributed by atoms with Crippen molar-refractivity contribution in [3.8, 4) is 11.5 Å². The van der Waals surface area contributed by atoms with Gasteiger partial charge in [0.2, 0.25) is 5.91 Å². The monoisotopic (exact) mass is 443 g/mol. The lowest BCUT2D eigenvalue weighted by molar-refractivity contribution is -0.116. The number of para-hydroxylation sites is 2. The highest BCUT2D eigenvalue weighted by atomic mass is 16.5. The molecule has 0 bridgehead atoms. The van der Waals surface area contributed by atoms with Crippen LogP contribution in [0.2, 0.25) is 0 Å². The maximum Gasteiger partial charge on any atom is 0.331 e.